The third-order valence-corrected chi connectivity index (χ3v) is 4.05. The van der Waals surface area contributed by atoms with Crippen LogP contribution in [0.5, 0.6) is 0 Å². The monoisotopic (exact) mass is 332 g/mol. The van der Waals surface area contributed by atoms with E-state index in [0.29, 0.717) is 12.1 Å². The lowest BCUT2D eigenvalue weighted by Gasteiger charge is -2.09. The Bertz CT molecular complexity index is 608. The third-order valence-electron chi connectivity index (χ3n) is 3.19. The summed E-state index contributed by atoms with van der Waals surface area (Å²) < 4.78 is 0.948. The van der Waals surface area contributed by atoms with Crippen molar-refractivity contribution < 1.29 is 4.79 Å². The van der Waals surface area contributed by atoms with E-state index in [4.69, 9.17) is 5.73 Å². The highest BCUT2D eigenvalue weighted by Gasteiger charge is 2.09. The van der Waals surface area contributed by atoms with Crippen molar-refractivity contribution in [1.29, 1.82) is 0 Å². The van der Waals surface area contributed by atoms with E-state index in [1.807, 2.05) is 49.4 Å². The molecule has 0 aromatic heterocycles. The normalized spacial score (nSPS) is 10.3. The molecule has 0 unspecified atom stereocenters. The Labute approximate surface area is 127 Å². The molecule has 104 valence electrons. The van der Waals surface area contributed by atoms with Crippen LogP contribution >= 0.6 is 15.9 Å². The number of hydrogen-bond donors (Lipinski definition) is 2. The Morgan fingerprint density at radius 2 is 1.90 bits per heavy atom. The van der Waals surface area contributed by atoms with E-state index in [9.17, 15) is 4.79 Å². The lowest BCUT2D eigenvalue weighted by atomic mass is 10.1. The zero-order valence-electron chi connectivity index (χ0n) is 11.3. The minimum absolute atomic E-state index is 0.0424. The number of rotatable bonds is 4. The SMILES string of the molecule is Cc1c(Br)cccc1C(=O)NCCc1ccc(N)cc1. The summed E-state index contributed by atoms with van der Waals surface area (Å²) in [5, 5.41) is 2.94. The van der Waals surface area contributed by atoms with Gasteiger partial charge in [-0.05, 0) is 48.7 Å². The van der Waals surface area contributed by atoms with E-state index in [0.717, 1.165) is 27.7 Å². The lowest BCUT2D eigenvalue weighted by Crippen LogP contribution is -2.26. The van der Waals surface area contributed by atoms with E-state index in [1.54, 1.807) is 0 Å². The van der Waals surface area contributed by atoms with Gasteiger partial charge in [-0.3, -0.25) is 4.79 Å². The fourth-order valence-corrected chi connectivity index (χ4v) is 2.32. The zero-order chi connectivity index (χ0) is 14.5. The van der Waals surface area contributed by atoms with Crippen LogP contribution in [0.15, 0.2) is 46.9 Å². The average Bonchev–Trinajstić information content (AvgIpc) is 2.44. The van der Waals surface area contributed by atoms with Crippen LogP contribution in [0.1, 0.15) is 21.5 Å². The van der Waals surface area contributed by atoms with Gasteiger partial charge >= 0.3 is 0 Å². The molecule has 0 atom stereocenters. The summed E-state index contributed by atoms with van der Waals surface area (Å²) in [5.41, 5.74) is 9.21. The quantitative estimate of drug-likeness (QED) is 0.844. The van der Waals surface area contributed by atoms with E-state index in [1.165, 1.54) is 0 Å². The predicted octanol–water partition coefficient (Wildman–Crippen LogP) is 3.31. The molecule has 0 spiro atoms. The molecule has 0 saturated heterocycles. The number of carbonyl (C=O) groups is 1. The van der Waals surface area contributed by atoms with Crippen molar-refractivity contribution in [2.45, 2.75) is 13.3 Å². The van der Waals surface area contributed by atoms with Crippen LogP contribution < -0.4 is 11.1 Å². The lowest BCUT2D eigenvalue weighted by molar-refractivity contribution is 0.0953. The minimum atomic E-state index is -0.0424. The molecule has 0 aliphatic rings. The van der Waals surface area contributed by atoms with Gasteiger partial charge in [0.15, 0.2) is 0 Å². The second kappa shape index (κ2) is 6.57. The standard InChI is InChI=1S/C16H17BrN2O/c1-11-14(3-2-4-15(11)17)16(20)19-10-9-12-5-7-13(18)8-6-12/h2-8H,9-10,18H2,1H3,(H,19,20). The molecule has 0 heterocycles. The first-order valence-electron chi connectivity index (χ1n) is 6.45. The summed E-state index contributed by atoms with van der Waals surface area (Å²) in [6.45, 7) is 2.54. The van der Waals surface area contributed by atoms with Gasteiger partial charge in [0.2, 0.25) is 0 Å². The Morgan fingerprint density at radius 1 is 1.20 bits per heavy atom. The molecule has 0 aliphatic heterocycles. The highest BCUT2D eigenvalue weighted by atomic mass is 79.9. The van der Waals surface area contributed by atoms with Crippen LogP contribution in [0, 0.1) is 6.92 Å². The number of carbonyl (C=O) groups excluding carboxylic acids is 1. The molecule has 4 heteroatoms. The molecule has 2 aromatic carbocycles. The van der Waals surface area contributed by atoms with Crippen molar-refractivity contribution in [3.05, 3.63) is 63.6 Å². The topological polar surface area (TPSA) is 55.1 Å². The maximum absolute atomic E-state index is 12.1. The minimum Gasteiger partial charge on any atom is -0.399 e. The predicted molar refractivity (Wildman–Crippen MR) is 85.8 cm³/mol. The summed E-state index contributed by atoms with van der Waals surface area (Å²) >= 11 is 3.43. The molecule has 0 fully saturated rings. The second-order valence-electron chi connectivity index (χ2n) is 4.66. The van der Waals surface area contributed by atoms with Crippen molar-refractivity contribution in [3.63, 3.8) is 0 Å². The zero-order valence-corrected chi connectivity index (χ0v) is 12.9. The second-order valence-corrected chi connectivity index (χ2v) is 5.51. The highest BCUT2D eigenvalue weighted by molar-refractivity contribution is 9.10. The van der Waals surface area contributed by atoms with Crippen LogP contribution in [-0.4, -0.2) is 12.5 Å². The Balaban J connectivity index is 1.92. The number of nitrogens with two attached hydrogens (primary N) is 1. The fraction of sp³-hybridized carbons (Fsp3) is 0.188. The molecule has 20 heavy (non-hydrogen) atoms. The maximum atomic E-state index is 12.1. The molecular weight excluding hydrogens is 316 g/mol. The number of amides is 1. The Hall–Kier alpha value is -1.81. The van der Waals surface area contributed by atoms with Crippen molar-refractivity contribution in [1.82, 2.24) is 5.32 Å². The molecule has 0 aliphatic carbocycles. The third kappa shape index (κ3) is 3.61. The molecule has 3 nitrogen and oxygen atoms in total. The molecule has 1 amide bonds. The average molecular weight is 333 g/mol. The number of benzene rings is 2. The summed E-state index contributed by atoms with van der Waals surface area (Å²) in [4.78, 5) is 12.1. The van der Waals surface area contributed by atoms with Crippen molar-refractivity contribution in [2.24, 2.45) is 0 Å². The van der Waals surface area contributed by atoms with Gasteiger partial charge in [-0.25, -0.2) is 0 Å². The van der Waals surface area contributed by atoms with Gasteiger partial charge in [0.25, 0.3) is 5.91 Å². The van der Waals surface area contributed by atoms with Gasteiger partial charge in [0, 0.05) is 22.3 Å². The Kier molecular flexibility index (Phi) is 4.79. The fourth-order valence-electron chi connectivity index (χ4n) is 1.95. The smallest absolute Gasteiger partial charge is 0.251 e. The van der Waals surface area contributed by atoms with E-state index in [-0.39, 0.29) is 5.91 Å². The summed E-state index contributed by atoms with van der Waals surface area (Å²) in [6.07, 6.45) is 0.791. The van der Waals surface area contributed by atoms with Crippen LogP contribution in [0.4, 0.5) is 5.69 Å². The molecule has 0 radical (unpaired) electrons. The highest BCUT2D eigenvalue weighted by Crippen LogP contribution is 2.19. The molecular formula is C16H17BrN2O. The number of hydrogen-bond acceptors (Lipinski definition) is 2. The van der Waals surface area contributed by atoms with Crippen LogP contribution in [-0.2, 0) is 6.42 Å². The van der Waals surface area contributed by atoms with Crippen molar-refractivity contribution in [2.75, 3.05) is 12.3 Å². The first kappa shape index (κ1) is 14.6. The van der Waals surface area contributed by atoms with Crippen LogP contribution in [0.3, 0.4) is 0 Å². The first-order chi connectivity index (χ1) is 9.58. The van der Waals surface area contributed by atoms with Crippen LogP contribution in [0.25, 0.3) is 0 Å². The summed E-state index contributed by atoms with van der Waals surface area (Å²) in [7, 11) is 0. The first-order valence-corrected chi connectivity index (χ1v) is 7.25. The van der Waals surface area contributed by atoms with Gasteiger partial charge in [0.1, 0.15) is 0 Å². The largest absolute Gasteiger partial charge is 0.399 e. The maximum Gasteiger partial charge on any atom is 0.251 e. The molecule has 2 aromatic rings. The number of anilines is 1. The number of nitrogens with one attached hydrogen (secondary N) is 1. The van der Waals surface area contributed by atoms with Gasteiger partial charge in [-0.2, -0.15) is 0 Å². The van der Waals surface area contributed by atoms with Crippen molar-refractivity contribution >= 4 is 27.5 Å². The molecule has 2 rings (SSSR count). The summed E-state index contributed by atoms with van der Waals surface area (Å²) in [5.74, 6) is -0.0424. The van der Waals surface area contributed by atoms with Gasteiger partial charge in [0.05, 0.1) is 0 Å². The van der Waals surface area contributed by atoms with E-state index < -0.39 is 0 Å². The Morgan fingerprint density at radius 3 is 2.60 bits per heavy atom. The molecule has 3 N–H and O–H groups in total. The van der Waals surface area contributed by atoms with Gasteiger partial charge < -0.3 is 11.1 Å². The van der Waals surface area contributed by atoms with Gasteiger partial charge in [-0.15, -0.1) is 0 Å². The van der Waals surface area contributed by atoms with Crippen molar-refractivity contribution in [3.8, 4) is 0 Å². The van der Waals surface area contributed by atoms with E-state index in [2.05, 4.69) is 21.2 Å². The molecule has 0 bridgehead atoms. The van der Waals surface area contributed by atoms with Crippen LogP contribution in [0.2, 0.25) is 0 Å². The number of nitrogen functional groups attached to an aromatic ring is 1. The summed E-state index contributed by atoms with van der Waals surface area (Å²) in [6, 6.07) is 13.3. The van der Waals surface area contributed by atoms with Gasteiger partial charge in [-0.1, -0.05) is 34.1 Å². The van der Waals surface area contributed by atoms with E-state index >= 15 is 0 Å². The number of halogens is 1. The molecule has 0 saturated carbocycles.